The minimum absolute atomic E-state index is 0.0707. The third-order valence-electron chi connectivity index (χ3n) is 2.91. The van der Waals surface area contributed by atoms with E-state index in [1.54, 1.807) is 0 Å². The molecule has 5 heteroatoms. The van der Waals surface area contributed by atoms with Crippen molar-refractivity contribution in [3.8, 4) is 0 Å². The average molecular weight is 243 g/mol. The Labute approximate surface area is 104 Å². The molecule has 1 saturated heterocycles. The van der Waals surface area contributed by atoms with Crippen LogP contribution < -0.4 is 10.6 Å². The molecule has 1 fully saturated rings. The number of likely N-dealkylation sites (N-methyl/N-ethyl adjacent to an activating group) is 1. The molecule has 2 unspecified atom stereocenters. The van der Waals surface area contributed by atoms with Gasteiger partial charge in [-0.1, -0.05) is 0 Å². The summed E-state index contributed by atoms with van der Waals surface area (Å²) in [5.41, 5.74) is 0. The Balaban J connectivity index is 2.22. The smallest absolute Gasteiger partial charge is 0.236 e. The normalized spacial score (nSPS) is 20.9. The van der Waals surface area contributed by atoms with Crippen LogP contribution in [0.15, 0.2) is 0 Å². The number of hydrogen-bond acceptors (Lipinski definition) is 4. The van der Waals surface area contributed by atoms with E-state index >= 15 is 0 Å². The summed E-state index contributed by atoms with van der Waals surface area (Å²) >= 11 is 0. The largest absolute Gasteiger partial charge is 0.379 e. The van der Waals surface area contributed by atoms with Gasteiger partial charge in [-0.25, -0.2) is 0 Å². The second-order valence-electron chi connectivity index (χ2n) is 4.60. The van der Waals surface area contributed by atoms with Crippen molar-refractivity contribution in [1.29, 1.82) is 0 Å². The van der Waals surface area contributed by atoms with E-state index in [-0.39, 0.29) is 11.9 Å². The molecule has 0 aromatic rings. The van der Waals surface area contributed by atoms with Gasteiger partial charge in [0, 0.05) is 32.2 Å². The van der Waals surface area contributed by atoms with E-state index in [0.717, 1.165) is 32.8 Å². The lowest BCUT2D eigenvalue weighted by molar-refractivity contribution is -0.122. The fraction of sp³-hybridized carbons (Fsp3) is 0.917. The first-order chi connectivity index (χ1) is 8.13. The zero-order chi connectivity index (χ0) is 12.7. The summed E-state index contributed by atoms with van der Waals surface area (Å²) in [5.74, 6) is 0.0707. The number of nitrogens with zero attached hydrogens (tertiary/aromatic N) is 1. The Bertz CT molecular complexity index is 230. The van der Waals surface area contributed by atoms with Gasteiger partial charge in [0.25, 0.3) is 0 Å². The van der Waals surface area contributed by atoms with Crippen LogP contribution >= 0.6 is 0 Å². The third-order valence-corrected chi connectivity index (χ3v) is 2.91. The van der Waals surface area contributed by atoms with Crippen molar-refractivity contribution in [2.24, 2.45) is 0 Å². The fourth-order valence-corrected chi connectivity index (χ4v) is 2.05. The second kappa shape index (κ2) is 7.63. The van der Waals surface area contributed by atoms with Gasteiger partial charge in [0.1, 0.15) is 0 Å². The molecule has 1 heterocycles. The van der Waals surface area contributed by atoms with Crippen molar-refractivity contribution in [2.45, 2.75) is 32.9 Å². The van der Waals surface area contributed by atoms with Crippen LogP contribution in [0.4, 0.5) is 0 Å². The van der Waals surface area contributed by atoms with Crippen molar-refractivity contribution in [3.05, 3.63) is 0 Å². The highest BCUT2D eigenvalue weighted by molar-refractivity contribution is 5.81. The number of hydrogen-bond donors (Lipinski definition) is 2. The Morgan fingerprint density at radius 1 is 1.35 bits per heavy atom. The molecule has 2 atom stereocenters. The predicted octanol–water partition coefficient (Wildman–Crippen LogP) is -0.179. The summed E-state index contributed by atoms with van der Waals surface area (Å²) in [6.07, 6.45) is 0. The molecule has 1 aliphatic rings. The average Bonchev–Trinajstić information content (AvgIpc) is 2.30. The highest BCUT2D eigenvalue weighted by Gasteiger charge is 2.17. The molecule has 0 aromatic heterocycles. The fourth-order valence-electron chi connectivity index (χ4n) is 2.05. The molecule has 0 aliphatic carbocycles. The topological polar surface area (TPSA) is 53.6 Å². The summed E-state index contributed by atoms with van der Waals surface area (Å²) in [6.45, 7) is 11.2. The van der Waals surface area contributed by atoms with E-state index < -0.39 is 0 Å². The van der Waals surface area contributed by atoms with Crippen LogP contribution in [0.3, 0.4) is 0 Å². The van der Waals surface area contributed by atoms with Crippen LogP contribution in [0.1, 0.15) is 20.8 Å². The molecule has 0 radical (unpaired) electrons. The quantitative estimate of drug-likeness (QED) is 0.679. The number of ether oxygens (including phenoxy) is 1. The molecule has 1 rings (SSSR count). The molecular formula is C12H25N3O2. The van der Waals surface area contributed by atoms with E-state index in [1.807, 2.05) is 13.8 Å². The van der Waals surface area contributed by atoms with Gasteiger partial charge in [0.2, 0.25) is 5.91 Å². The molecule has 0 bridgehead atoms. The van der Waals surface area contributed by atoms with Gasteiger partial charge in [-0.2, -0.15) is 0 Å². The molecule has 100 valence electrons. The first kappa shape index (κ1) is 14.4. The highest BCUT2D eigenvalue weighted by atomic mass is 16.5. The minimum Gasteiger partial charge on any atom is -0.379 e. The molecule has 0 aromatic carbocycles. The van der Waals surface area contributed by atoms with Crippen molar-refractivity contribution in [1.82, 2.24) is 15.5 Å². The minimum atomic E-state index is -0.133. The highest BCUT2D eigenvalue weighted by Crippen LogP contribution is 1.99. The van der Waals surface area contributed by atoms with Crippen LogP contribution in [0.2, 0.25) is 0 Å². The maximum Gasteiger partial charge on any atom is 0.236 e. The van der Waals surface area contributed by atoms with Gasteiger partial charge < -0.3 is 15.4 Å². The Hall–Kier alpha value is -0.650. The van der Waals surface area contributed by atoms with Crippen LogP contribution in [-0.2, 0) is 9.53 Å². The maximum absolute atomic E-state index is 11.6. The maximum atomic E-state index is 11.6. The summed E-state index contributed by atoms with van der Waals surface area (Å²) in [4.78, 5) is 13.9. The molecule has 0 saturated carbocycles. The van der Waals surface area contributed by atoms with Gasteiger partial charge in [-0.05, 0) is 20.8 Å². The Kier molecular flexibility index (Phi) is 6.47. The number of carbonyl (C=O) groups excluding carboxylic acids is 1. The van der Waals surface area contributed by atoms with Crippen LogP contribution in [0.25, 0.3) is 0 Å². The monoisotopic (exact) mass is 243 g/mol. The number of morpholine rings is 1. The van der Waals surface area contributed by atoms with Gasteiger partial charge >= 0.3 is 0 Å². The predicted molar refractivity (Wildman–Crippen MR) is 68.0 cm³/mol. The van der Waals surface area contributed by atoms with Gasteiger partial charge in [0.15, 0.2) is 0 Å². The van der Waals surface area contributed by atoms with Gasteiger partial charge in [-0.15, -0.1) is 0 Å². The zero-order valence-electron chi connectivity index (χ0n) is 11.2. The van der Waals surface area contributed by atoms with E-state index in [2.05, 4.69) is 22.5 Å². The lowest BCUT2D eigenvalue weighted by atomic mass is 10.2. The molecule has 2 N–H and O–H groups in total. The van der Waals surface area contributed by atoms with Crippen LogP contribution in [-0.4, -0.2) is 62.3 Å². The van der Waals surface area contributed by atoms with Crippen LogP contribution in [0.5, 0.6) is 0 Å². The number of nitrogens with one attached hydrogen (secondary N) is 2. The standard InChI is InChI=1S/C12H25N3O2/c1-4-13-12(16)11(3)14-10(2)9-15-5-7-17-8-6-15/h10-11,14H,4-9H2,1-3H3,(H,13,16). The number of carbonyl (C=O) groups is 1. The third kappa shape index (κ3) is 5.48. The number of amides is 1. The van der Waals surface area contributed by atoms with E-state index in [1.165, 1.54) is 0 Å². The summed E-state index contributed by atoms with van der Waals surface area (Å²) in [6, 6.07) is 0.177. The van der Waals surface area contributed by atoms with E-state index in [0.29, 0.717) is 12.6 Å². The molecule has 17 heavy (non-hydrogen) atoms. The summed E-state index contributed by atoms with van der Waals surface area (Å²) < 4.78 is 5.31. The molecule has 5 nitrogen and oxygen atoms in total. The second-order valence-corrected chi connectivity index (χ2v) is 4.60. The number of rotatable bonds is 6. The zero-order valence-corrected chi connectivity index (χ0v) is 11.2. The SMILES string of the molecule is CCNC(=O)C(C)NC(C)CN1CCOCC1. The summed E-state index contributed by atoms with van der Waals surface area (Å²) in [5, 5.41) is 6.14. The lowest BCUT2D eigenvalue weighted by Gasteiger charge is -2.30. The lowest BCUT2D eigenvalue weighted by Crippen LogP contribution is -2.50. The van der Waals surface area contributed by atoms with Gasteiger partial charge in [-0.3, -0.25) is 9.69 Å². The molecule has 0 spiro atoms. The van der Waals surface area contributed by atoms with Crippen molar-refractivity contribution in [3.63, 3.8) is 0 Å². The van der Waals surface area contributed by atoms with Crippen molar-refractivity contribution in [2.75, 3.05) is 39.4 Å². The molecular weight excluding hydrogens is 218 g/mol. The first-order valence-electron chi connectivity index (χ1n) is 6.47. The van der Waals surface area contributed by atoms with Gasteiger partial charge in [0.05, 0.1) is 19.3 Å². The Morgan fingerprint density at radius 2 is 2.00 bits per heavy atom. The van der Waals surface area contributed by atoms with E-state index in [9.17, 15) is 4.79 Å². The first-order valence-corrected chi connectivity index (χ1v) is 6.47. The van der Waals surface area contributed by atoms with Crippen molar-refractivity contribution < 1.29 is 9.53 Å². The van der Waals surface area contributed by atoms with E-state index in [4.69, 9.17) is 4.74 Å². The molecule has 1 aliphatic heterocycles. The Morgan fingerprint density at radius 3 is 2.59 bits per heavy atom. The van der Waals surface area contributed by atoms with Crippen molar-refractivity contribution >= 4 is 5.91 Å². The molecule has 1 amide bonds. The van der Waals surface area contributed by atoms with Crippen LogP contribution in [0, 0.1) is 0 Å². The summed E-state index contributed by atoms with van der Waals surface area (Å²) in [7, 11) is 0.